The molecule has 0 amide bonds. The quantitative estimate of drug-likeness (QED) is 0.826. The summed E-state index contributed by atoms with van der Waals surface area (Å²) in [5, 5.41) is 13.4. The Morgan fingerprint density at radius 2 is 1.95 bits per heavy atom. The Bertz CT molecular complexity index is 619. The van der Waals surface area contributed by atoms with Crippen molar-refractivity contribution >= 4 is 0 Å². The normalized spacial score (nSPS) is 12.0. The molecule has 0 radical (unpaired) electrons. The lowest BCUT2D eigenvalue weighted by molar-refractivity contribution is 0.169. The van der Waals surface area contributed by atoms with Gasteiger partial charge in [-0.3, -0.25) is 0 Å². The van der Waals surface area contributed by atoms with E-state index in [1.54, 1.807) is 38.5 Å². The molecule has 0 saturated heterocycles. The topological polar surface area (TPSA) is 50.7 Å². The van der Waals surface area contributed by atoms with Gasteiger partial charge >= 0.3 is 0 Å². The van der Waals surface area contributed by atoms with Crippen LogP contribution in [0.4, 0.5) is 4.39 Å². The maximum Gasteiger partial charge on any atom is 0.124 e. The number of nitrogens with one attached hydrogen (secondary N) is 1. The van der Waals surface area contributed by atoms with Crippen molar-refractivity contribution in [3.63, 3.8) is 0 Å². The summed E-state index contributed by atoms with van der Waals surface area (Å²) < 4.78 is 23.5. The molecule has 0 saturated carbocycles. The van der Waals surface area contributed by atoms with Crippen molar-refractivity contribution in [3.05, 3.63) is 59.4 Å². The van der Waals surface area contributed by atoms with Gasteiger partial charge in [-0.1, -0.05) is 12.1 Å². The molecule has 5 heteroatoms. The zero-order chi connectivity index (χ0) is 15.9. The number of hydrogen-bond acceptors (Lipinski definition) is 4. The number of rotatable bonds is 7. The molecule has 2 rings (SSSR count). The molecular formula is C17H20FNO3. The second kappa shape index (κ2) is 7.77. The summed E-state index contributed by atoms with van der Waals surface area (Å²) in [6.45, 7) is 0.793. The lowest BCUT2D eigenvalue weighted by atomic mass is 10.1. The lowest BCUT2D eigenvalue weighted by Gasteiger charge is -2.16. The molecule has 0 bridgehead atoms. The van der Waals surface area contributed by atoms with Gasteiger partial charge in [0.05, 0.1) is 20.3 Å². The van der Waals surface area contributed by atoms with E-state index in [1.165, 1.54) is 12.1 Å². The van der Waals surface area contributed by atoms with Gasteiger partial charge in [0.2, 0.25) is 0 Å². The third-order valence-electron chi connectivity index (χ3n) is 3.35. The van der Waals surface area contributed by atoms with Crippen molar-refractivity contribution < 1.29 is 19.0 Å². The average molecular weight is 305 g/mol. The average Bonchev–Trinajstić information content (AvgIpc) is 2.54. The third-order valence-corrected chi connectivity index (χ3v) is 3.35. The number of methoxy groups -OCH3 is 2. The van der Waals surface area contributed by atoms with Crippen LogP contribution >= 0.6 is 0 Å². The van der Waals surface area contributed by atoms with Crippen molar-refractivity contribution in [1.82, 2.24) is 5.32 Å². The number of aliphatic hydroxyl groups is 1. The van der Waals surface area contributed by atoms with Gasteiger partial charge in [-0.25, -0.2) is 4.39 Å². The summed E-state index contributed by atoms with van der Waals surface area (Å²) in [5.74, 6) is 0.982. The summed E-state index contributed by atoms with van der Waals surface area (Å²) in [6, 6.07) is 11.6. The molecule has 0 aromatic heterocycles. The Morgan fingerprint density at radius 1 is 1.14 bits per heavy atom. The molecule has 0 fully saturated rings. The molecule has 1 unspecified atom stereocenters. The maximum atomic E-state index is 13.1. The molecular weight excluding hydrogens is 285 g/mol. The SMILES string of the molecule is COc1ccc(OC)c(C(O)CNCc2cccc(F)c2)c1. The number of benzene rings is 2. The number of ether oxygens (including phenoxy) is 2. The summed E-state index contributed by atoms with van der Waals surface area (Å²) in [4.78, 5) is 0. The maximum absolute atomic E-state index is 13.1. The summed E-state index contributed by atoms with van der Waals surface area (Å²) in [7, 11) is 3.12. The van der Waals surface area contributed by atoms with Crippen LogP contribution in [0, 0.1) is 5.82 Å². The van der Waals surface area contributed by atoms with Gasteiger partial charge < -0.3 is 19.9 Å². The Balaban J connectivity index is 1.98. The zero-order valence-electron chi connectivity index (χ0n) is 12.7. The van der Waals surface area contributed by atoms with E-state index >= 15 is 0 Å². The molecule has 118 valence electrons. The molecule has 22 heavy (non-hydrogen) atoms. The van der Waals surface area contributed by atoms with Crippen LogP contribution in [-0.2, 0) is 6.54 Å². The largest absolute Gasteiger partial charge is 0.497 e. The van der Waals surface area contributed by atoms with Gasteiger partial charge in [-0.2, -0.15) is 0 Å². The smallest absolute Gasteiger partial charge is 0.124 e. The fraction of sp³-hybridized carbons (Fsp3) is 0.294. The highest BCUT2D eigenvalue weighted by Gasteiger charge is 2.14. The minimum absolute atomic E-state index is 0.269. The molecule has 4 nitrogen and oxygen atoms in total. The first kappa shape index (κ1) is 16.3. The van der Waals surface area contributed by atoms with Crippen LogP contribution < -0.4 is 14.8 Å². The van der Waals surface area contributed by atoms with E-state index < -0.39 is 6.10 Å². The van der Waals surface area contributed by atoms with E-state index in [9.17, 15) is 9.50 Å². The third kappa shape index (κ3) is 4.19. The minimum Gasteiger partial charge on any atom is -0.497 e. The molecule has 0 spiro atoms. The molecule has 2 aromatic rings. The lowest BCUT2D eigenvalue weighted by Crippen LogP contribution is -2.21. The molecule has 0 heterocycles. The monoisotopic (exact) mass is 305 g/mol. The molecule has 1 atom stereocenters. The van der Waals surface area contributed by atoms with Gasteiger partial charge in [0.1, 0.15) is 17.3 Å². The van der Waals surface area contributed by atoms with Crippen LogP contribution in [0.15, 0.2) is 42.5 Å². The first-order valence-corrected chi connectivity index (χ1v) is 6.99. The molecule has 2 N–H and O–H groups in total. The Morgan fingerprint density at radius 3 is 2.64 bits per heavy atom. The Kier molecular flexibility index (Phi) is 5.75. The van der Waals surface area contributed by atoms with Gasteiger partial charge in [0, 0.05) is 18.7 Å². The van der Waals surface area contributed by atoms with Crippen LogP contribution in [0.2, 0.25) is 0 Å². The standard InChI is InChI=1S/C17H20FNO3/c1-21-14-6-7-17(22-2)15(9-14)16(20)11-19-10-12-4-3-5-13(18)8-12/h3-9,16,19-20H,10-11H2,1-2H3. The predicted octanol–water partition coefficient (Wildman–Crippen LogP) is 2.67. The molecule has 2 aromatic carbocycles. The summed E-state index contributed by atoms with van der Waals surface area (Å²) in [5.41, 5.74) is 1.47. The van der Waals surface area contributed by atoms with Crippen molar-refractivity contribution in [3.8, 4) is 11.5 Å². The van der Waals surface area contributed by atoms with Crippen molar-refractivity contribution in [2.24, 2.45) is 0 Å². The van der Waals surface area contributed by atoms with E-state index in [0.29, 0.717) is 30.2 Å². The van der Waals surface area contributed by atoms with Crippen molar-refractivity contribution in [1.29, 1.82) is 0 Å². The van der Waals surface area contributed by atoms with Crippen LogP contribution in [-0.4, -0.2) is 25.9 Å². The highest BCUT2D eigenvalue weighted by atomic mass is 19.1. The Labute approximate surface area is 129 Å². The first-order chi connectivity index (χ1) is 10.6. The van der Waals surface area contributed by atoms with Gasteiger partial charge in [-0.05, 0) is 35.9 Å². The molecule has 0 aliphatic carbocycles. The summed E-state index contributed by atoms with van der Waals surface area (Å²) >= 11 is 0. The Hall–Kier alpha value is -2.11. The fourth-order valence-corrected chi connectivity index (χ4v) is 2.21. The van der Waals surface area contributed by atoms with Crippen molar-refractivity contribution in [2.75, 3.05) is 20.8 Å². The van der Waals surface area contributed by atoms with Crippen LogP contribution in [0.1, 0.15) is 17.2 Å². The number of hydrogen-bond donors (Lipinski definition) is 2. The van der Waals surface area contributed by atoms with E-state index in [1.807, 2.05) is 6.07 Å². The molecule has 0 aliphatic heterocycles. The van der Waals surface area contributed by atoms with E-state index in [0.717, 1.165) is 5.56 Å². The second-order valence-electron chi connectivity index (χ2n) is 4.88. The highest BCUT2D eigenvalue weighted by Crippen LogP contribution is 2.29. The van der Waals surface area contributed by atoms with Gasteiger partial charge in [0.15, 0.2) is 0 Å². The van der Waals surface area contributed by atoms with Crippen LogP contribution in [0.5, 0.6) is 11.5 Å². The zero-order valence-corrected chi connectivity index (χ0v) is 12.7. The van der Waals surface area contributed by atoms with Gasteiger partial charge in [-0.15, -0.1) is 0 Å². The predicted molar refractivity (Wildman–Crippen MR) is 82.6 cm³/mol. The number of halogens is 1. The van der Waals surface area contributed by atoms with Crippen LogP contribution in [0.25, 0.3) is 0 Å². The van der Waals surface area contributed by atoms with Crippen molar-refractivity contribution in [2.45, 2.75) is 12.6 Å². The fourth-order valence-electron chi connectivity index (χ4n) is 2.21. The van der Waals surface area contributed by atoms with E-state index in [2.05, 4.69) is 5.32 Å². The van der Waals surface area contributed by atoms with E-state index in [4.69, 9.17) is 9.47 Å². The van der Waals surface area contributed by atoms with Crippen LogP contribution in [0.3, 0.4) is 0 Å². The second-order valence-corrected chi connectivity index (χ2v) is 4.88. The van der Waals surface area contributed by atoms with E-state index in [-0.39, 0.29) is 5.82 Å². The van der Waals surface area contributed by atoms with Gasteiger partial charge in [0.25, 0.3) is 0 Å². The minimum atomic E-state index is -0.751. The number of aliphatic hydroxyl groups excluding tert-OH is 1. The first-order valence-electron chi connectivity index (χ1n) is 6.99. The highest BCUT2D eigenvalue weighted by molar-refractivity contribution is 5.41. The summed E-state index contributed by atoms with van der Waals surface area (Å²) in [6.07, 6.45) is -0.751. The molecule has 0 aliphatic rings.